The molecule has 0 N–H and O–H groups in total. The van der Waals surface area contributed by atoms with Crippen LogP contribution < -0.4 is 4.90 Å². The molecule has 0 amide bonds. The summed E-state index contributed by atoms with van der Waals surface area (Å²) in [7, 11) is 4.10. The Balaban J connectivity index is 2.03. The van der Waals surface area contributed by atoms with Crippen molar-refractivity contribution < 1.29 is 0 Å². The molecule has 5 nitrogen and oxygen atoms in total. The summed E-state index contributed by atoms with van der Waals surface area (Å²) in [6.45, 7) is 4.24. The first-order valence-corrected chi connectivity index (χ1v) is 8.56. The molecule has 0 saturated heterocycles. The highest BCUT2D eigenvalue weighted by Gasteiger charge is 2.15. The highest BCUT2D eigenvalue weighted by Crippen LogP contribution is 2.33. The molecule has 6 heteroatoms. The lowest BCUT2D eigenvalue weighted by atomic mass is 10.1. The van der Waals surface area contributed by atoms with Crippen LogP contribution >= 0.6 is 11.8 Å². The Bertz CT molecular complexity index is 808. The zero-order valence-corrected chi connectivity index (χ0v) is 14.8. The third-order valence-corrected chi connectivity index (χ3v) is 4.87. The molecular weight excluding hydrogens is 306 g/mol. The summed E-state index contributed by atoms with van der Waals surface area (Å²) in [6, 6.07) is 8.56. The van der Waals surface area contributed by atoms with Crippen molar-refractivity contribution >= 4 is 23.2 Å². The molecule has 0 spiro atoms. The van der Waals surface area contributed by atoms with E-state index in [2.05, 4.69) is 58.1 Å². The van der Waals surface area contributed by atoms with Gasteiger partial charge >= 0.3 is 0 Å². The molecule has 0 saturated carbocycles. The average Bonchev–Trinajstić information content (AvgIpc) is 2.99. The summed E-state index contributed by atoms with van der Waals surface area (Å²) >= 11 is 1.72. The molecule has 1 aromatic carbocycles. The first kappa shape index (κ1) is 15.8. The third kappa shape index (κ3) is 3.17. The molecule has 2 heterocycles. The van der Waals surface area contributed by atoms with E-state index in [4.69, 9.17) is 0 Å². The Morgan fingerprint density at radius 1 is 1.17 bits per heavy atom. The van der Waals surface area contributed by atoms with Gasteiger partial charge in [0.25, 0.3) is 5.78 Å². The second kappa shape index (κ2) is 6.58. The average molecular weight is 327 g/mol. The predicted octanol–water partition coefficient (Wildman–Crippen LogP) is 3.60. The van der Waals surface area contributed by atoms with Gasteiger partial charge in [-0.15, -0.1) is 0 Å². The first-order valence-electron chi connectivity index (χ1n) is 7.74. The molecule has 0 atom stereocenters. The predicted molar refractivity (Wildman–Crippen MR) is 94.4 cm³/mol. The van der Waals surface area contributed by atoms with Crippen molar-refractivity contribution in [2.24, 2.45) is 0 Å². The van der Waals surface area contributed by atoms with Gasteiger partial charge in [0, 0.05) is 35.9 Å². The Hall–Kier alpha value is -2.08. The van der Waals surface area contributed by atoms with Crippen LogP contribution in [0.1, 0.15) is 24.6 Å². The standard InChI is InChI=1S/C17H21N5S/c1-5-6-15-12(2)20-17-18-11-19-22(17)16(15)23-14-9-7-13(8-10-14)21(3)4/h7-11H,5-6H2,1-4H3. The minimum atomic E-state index is 0.662. The summed E-state index contributed by atoms with van der Waals surface area (Å²) in [5.74, 6) is 0.662. The van der Waals surface area contributed by atoms with Crippen LogP contribution in [0.3, 0.4) is 0 Å². The second-order valence-electron chi connectivity index (χ2n) is 5.69. The Morgan fingerprint density at radius 2 is 1.91 bits per heavy atom. The van der Waals surface area contributed by atoms with Gasteiger partial charge in [0.1, 0.15) is 11.4 Å². The number of nitrogens with zero attached hydrogens (tertiary/aromatic N) is 5. The highest BCUT2D eigenvalue weighted by molar-refractivity contribution is 7.99. The summed E-state index contributed by atoms with van der Waals surface area (Å²) in [6.07, 6.45) is 3.64. The van der Waals surface area contributed by atoms with Gasteiger partial charge < -0.3 is 4.90 Å². The number of aryl methyl sites for hydroxylation is 1. The van der Waals surface area contributed by atoms with Crippen LogP contribution in [0.25, 0.3) is 5.78 Å². The van der Waals surface area contributed by atoms with Crippen molar-refractivity contribution in [3.05, 3.63) is 41.9 Å². The fourth-order valence-corrected chi connectivity index (χ4v) is 3.61. The lowest BCUT2D eigenvalue weighted by Crippen LogP contribution is -2.08. The molecule has 0 radical (unpaired) electrons. The van der Waals surface area contributed by atoms with E-state index in [-0.39, 0.29) is 0 Å². The number of anilines is 1. The van der Waals surface area contributed by atoms with E-state index in [9.17, 15) is 0 Å². The Morgan fingerprint density at radius 3 is 2.57 bits per heavy atom. The van der Waals surface area contributed by atoms with Crippen molar-refractivity contribution in [3.8, 4) is 0 Å². The van der Waals surface area contributed by atoms with Gasteiger partial charge in [-0.2, -0.15) is 14.6 Å². The van der Waals surface area contributed by atoms with Crippen LogP contribution in [0.5, 0.6) is 0 Å². The maximum Gasteiger partial charge on any atom is 0.253 e. The second-order valence-corrected chi connectivity index (χ2v) is 6.76. The van der Waals surface area contributed by atoms with E-state index in [0.29, 0.717) is 5.78 Å². The third-order valence-electron chi connectivity index (χ3n) is 3.75. The fourth-order valence-electron chi connectivity index (χ4n) is 2.52. The van der Waals surface area contributed by atoms with Gasteiger partial charge in [-0.05, 0) is 37.6 Å². The molecule has 2 aromatic heterocycles. The molecule has 0 fully saturated rings. The van der Waals surface area contributed by atoms with Crippen molar-refractivity contribution in [1.82, 2.24) is 19.6 Å². The molecule has 0 aliphatic heterocycles. The lowest BCUT2D eigenvalue weighted by molar-refractivity contribution is 0.769. The van der Waals surface area contributed by atoms with Crippen LogP contribution in [0.2, 0.25) is 0 Å². The molecule has 0 aliphatic rings. The molecule has 3 rings (SSSR count). The molecule has 120 valence electrons. The number of fused-ring (bicyclic) bond motifs is 1. The minimum absolute atomic E-state index is 0.662. The fraction of sp³-hybridized carbons (Fsp3) is 0.353. The molecule has 0 aliphatic carbocycles. The van der Waals surface area contributed by atoms with Crippen molar-refractivity contribution in [2.45, 2.75) is 36.6 Å². The molecule has 3 aromatic rings. The van der Waals surface area contributed by atoms with Gasteiger partial charge in [-0.1, -0.05) is 25.1 Å². The number of hydrogen-bond donors (Lipinski definition) is 0. The number of hydrogen-bond acceptors (Lipinski definition) is 5. The van der Waals surface area contributed by atoms with Crippen LogP contribution in [0.15, 0.2) is 40.5 Å². The zero-order chi connectivity index (χ0) is 16.4. The SMILES string of the molecule is CCCc1c(C)nc2ncnn2c1Sc1ccc(N(C)C)cc1. The van der Waals surface area contributed by atoms with Crippen LogP contribution in [-0.4, -0.2) is 33.7 Å². The van der Waals surface area contributed by atoms with Crippen LogP contribution in [0.4, 0.5) is 5.69 Å². The summed E-state index contributed by atoms with van der Waals surface area (Å²) in [5, 5.41) is 5.47. The highest BCUT2D eigenvalue weighted by atomic mass is 32.2. The van der Waals surface area contributed by atoms with E-state index >= 15 is 0 Å². The largest absolute Gasteiger partial charge is 0.378 e. The first-order chi connectivity index (χ1) is 11.1. The monoisotopic (exact) mass is 327 g/mol. The Kier molecular flexibility index (Phi) is 4.52. The minimum Gasteiger partial charge on any atom is -0.378 e. The zero-order valence-electron chi connectivity index (χ0n) is 13.9. The summed E-state index contributed by atoms with van der Waals surface area (Å²) < 4.78 is 1.85. The van der Waals surface area contributed by atoms with Crippen molar-refractivity contribution in [1.29, 1.82) is 0 Å². The van der Waals surface area contributed by atoms with E-state index in [1.165, 1.54) is 16.1 Å². The van der Waals surface area contributed by atoms with Crippen LogP contribution in [0, 0.1) is 6.92 Å². The van der Waals surface area contributed by atoms with Gasteiger partial charge in [-0.3, -0.25) is 0 Å². The van der Waals surface area contributed by atoms with Crippen molar-refractivity contribution in [2.75, 3.05) is 19.0 Å². The molecular formula is C17H21N5S. The van der Waals surface area contributed by atoms with Gasteiger partial charge in [0.2, 0.25) is 0 Å². The lowest BCUT2D eigenvalue weighted by Gasteiger charge is -2.14. The number of benzene rings is 1. The molecule has 0 bridgehead atoms. The number of rotatable bonds is 5. The van der Waals surface area contributed by atoms with Gasteiger partial charge in [0.05, 0.1) is 0 Å². The topological polar surface area (TPSA) is 46.3 Å². The number of aromatic nitrogens is 4. The van der Waals surface area contributed by atoms with Gasteiger partial charge in [-0.25, -0.2) is 4.98 Å². The Labute approximate surface area is 140 Å². The maximum atomic E-state index is 4.56. The molecule has 23 heavy (non-hydrogen) atoms. The summed E-state index contributed by atoms with van der Waals surface area (Å²) in [4.78, 5) is 12.1. The van der Waals surface area contributed by atoms with Crippen molar-refractivity contribution in [3.63, 3.8) is 0 Å². The van der Waals surface area contributed by atoms with E-state index in [1.54, 1.807) is 18.1 Å². The van der Waals surface area contributed by atoms with E-state index in [1.807, 2.05) is 18.6 Å². The normalized spacial score (nSPS) is 11.1. The van der Waals surface area contributed by atoms with Gasteiger partial charge in [0.15, 0.2) is 0 Å². The van der Waals surface area contributed by atoms with E-state index < -0.39 is 0 Å². The molecule has 0 unspecified atom stereocenters. The summed E-state index contributed by atoms with van der Waals surface area (Å²) in [5.41, 5.74) is 3.49. The quantitative estimate of drug-likeness (QED) is 0.670. The van der Waals surface area contributed by atoms with Crippen LogP contribution in [-0.2, 0) is 6.42 Å². The smallest absolute Gasteiger partial charge is 0.253 e. The maximum absolute atomic E-state index is 4.56. The van der Waals surface area contributed by atoms with E-state index in [0.717, 1.165) is 23.6 Å².